The first-order valence-electron chi connectivity index (χ1n) is 5.39. The van der Waals surface area contributed by atoms with Crippen molar-refractivity contribution in [1.29, 1.82) is 0 Å². The van der Waals surface area contributed by atoms with E-state index in [1.165, 1.54) is 36.6 Å². The lowest BCUT2D eigenvalue weighted by Crippen LogP contribution is -2.11. The van der Waals surface area contributed by atoms with Gasteiger partial charge in [-0.15, -0.1) is 11.3 Å². The van der Waals surface area contributed by atoms with Gasteiger partial charge in [0.15, 0.2) is 0 Å². The van der Waals surface area contributed by atoms with E-state index in [0.29, 0.717) is 11.3 Å². The highest BCUT2D eigenvalue weighted by Gasteiger charge is 2.14. The number of hydrogen-bond acceptors (Lipinski definition) is 5. The monoisotopic (exact) mass is 356 g/mol. The number of methoxy groups -OCH3 is 1. The van der Waals surface area contributed by atoms with Crippen molar-refractivity contribution < 1.29 is 14.5 Å². The summed E-state index contributed by atoms with van der Waals surface area (Å²) in [7, 11) is 1.38. The summed E-state index contributed by atoms with van der Waals surface area (Å²) in [6, 6.07) is 5.70. The summed E-state index contributed by atoms with van der Waals surface area (Å²) < 4.78 is 5.90. The normalized spacial score (nSPS) is 10.1. The zero-order chi connectivity index (χ0) is 14.7. The van der Waals surface area contributed by atoms with E-state index < -0.39 is 4.92 Å². The molecule has 0 radical (unpaired) electrons. The van der Waals surface area contributed by atoms with Gasteiger partial charge in [0.25, 0.3) is 11.6 Å². The van der Waals surface area contributed by atoms with Gasteiger partial charge < -0.3 is 10.1 Å². The van der Waals surface area contributed by atoms with Crippen molar-refractivity contribution >= 4 is 44.5 Å². The van der Waals surface area contributed by atoms with Crippen molar-refractivity contribution in [2.75, 3.05) is 12.4 Å². The number of carbonyl (C=O) groups excluding carboxylic acids is 1. The average Bonchev–Trinajstić information content (AvgIpc) is 2.85. The van der Waals surface area contributed by atoms with Crippen molar-refractivity contribution in [2.24, 2.45) is 0 Å². The molecule has 0 aliphatic rings. The first-order valence-corrected chi connectivity index (χ1v) is 7.06. The van der Waals surface area contributed by atoms with Crippen molar-refractivity contribution in [2.45, 2.75) is 0 Å². The molecule has 0 atom stereocenters. The van der Waals surface area contributed by atoms with Crippen molar-refractivity contribution in [1.82, 2.24) is 0 Å². The number of rotatable bonds is 4. The van der Waals surface area contributed by atoms with Crippen LogP contribution < -0.4 is 10.1 Å². The standard InChI is InChI=1S/C12H9BrN2O4S/c1-19-10-5-8(15(17)18)2-3-9(10)14-12(16)7-4-11(13)20-6-7/h2-6H,1H3,(H,14,16). The van der Waals surface area contributed by atoms with Gasteiger partial charge in [-0.05, 0) is 28.1 Å². The zero-order valence-corrected chi connectivity index (χ0v) is 12.7. The summed E-state index contributed by atoms with van der Waals surface area (Å²) in [5.74, 6) is -0.0686. The Labute approximate surface area is 126 Å². The fraction of sp³-hybridized carbons (Fsp3) is 0.0833. The number of nitrogens with zero attached hydrogens (tertiary/aromatic N) is 1. The van der Waals surface area contributed by atoms with E-state index in [0.717, 1.165) is 3.79 Å². The van der Waals surface area contributed by atoms with E-state index in [2.05, 4.69) is 21.2 Å². The quantitative estimate of drug-likeness (QED) is 0.669. The van der Waals surface area contributed by atoms with Gasteiger partial charge in [0.1, 0.15) is 5.75 Å². The smallest absolute Gasteiger partial charge is 0.273 e. The molecule has 0 bridgehead atoms. The Kier molecular flexibility index (Phi) is 4.35. The molecule has 20 heavy (non-hydrogen) atoms. The number of nitro benzene ring substituents is 1. The second kappa shape index (κ2) is 6.02. The third-order valence-corrected chi connectivity index (χ3v) is 3.98. The topological polar surface area (TPSA) is 81.5 Å². The summed E-state index contributed by atoms with van der Waals surface area (Å²) in [6.07, 6.45) is 0. The van der Waals surface area contributed by atoms with Gasteiger partial charge in [0, 0.05) is 11.4 Å². The van der Waals surface area contributed by atoms with Crippen LogP contribution in [0.5, 0.6) is 5.75 Å². The summed E-state index contributed by atoms with van der Waals surface area (Å²) in [5.41, 5.74) is 0.783. The second-order valence-corrected chi connectivity index (χ2v) is 6.03. The van der Waals surface area contributed by atoms with E-state index in [4.69, 9.17) is 4.74 Å². The molecule has 1 heterocycles. The van der Waals surface area contributed by atoms with Gasteiger partial charge in [-0.3, -0.25) is 14.9 Å². The highest BCUT2D eigenvalue weighted by molar-refractivity contribution is 9.11. The molecule has 6 nitrogen and oxygen atoms in total. The third kappa shape index (κ3) is 3.14. The molecule has 0 unspecified atom stereocenters. The van der Waals surface area contributed by atoms with Crippen molar-refractivity contribution in [3.63, 3.8) is 0 Å². The first-order chi connectivity index (χ1) is 9.51. The zero-order valence-electron chi connectivity index (χ0n) is 10.3. The number of nitrogens with one attached hydrogen (secondary N) is 1. The Bertz CT molecular complexity index is 671. The lowest BCUT2D eigenvalue weighted by Gasteiger charge is -2.09. The van der Waals surface area contributed by atoms with Gasteiger partial charge >= 0.3 is 0 Å². The number of non-ortho nitro benzene ring substituents is 1. The maximum Gasteiger partial charge on any atom is 0.273 e. The lowest BCUT2D eigenvalue weighted by atomic mass is 10.2. The molecular weight excluding hydrogens is 348 g/mol. The molecule has 2 aromatic rings. The molecule has 8 heteroatoms. The van der Waals surface area contributed by atoms with Crippen LogP contribution in [0.15, 0.2) is 33.4 Å². The van der Waals surface area contributed by atoms with E-state index in [9.17, 15) is 14.9 Å². The Balaban J connectivity index is 2.25. The molecular formula is C12H9BrN2O4S. The van der Waals surface area contributed by atoms with E-state index in [-0.39, 0.29) is 17.3 Å². The average molecular weight is 357 g/mol. The first kappa shape index (κ1) is 14.5. The number of anilines is 1. The van der Waals surface area contributed by atoms with Crippen LogP contribution in [-0.4, -0.2) is 17.9 Å². The molecule has 1 N–H and O–H groups in total. The van der Waals surface area contributed by atoms with Gasteiger partial charge in [-0.2, -0.15) is 0 Å². The summed E-state index contributed by atoms with van der Waals surface area (Å²) in [6.45, 7) is 0. The fourth-order valence-electron chi connectivity index (χ4n) is 1.52. The fourth-order valence-corrected chi connectivity index (χ4v) is 2.66. The maximum atomic E-state index is 12.0. The van der Waals surface area contributed by atoms with Crippen LogP contribution in [0.3, 0.4) is 0 Å². The summed E-state index contributed by atoms with van der Waals surface area (Å²) in [4.78, 5) is 22.2. The molecule has 0 aliphatic carbocycles. The molecule has 104 valence electrons. The summed E-state index contributed by atoms with van der Waals surface area (Å²) >= 11 is 4.67. The summed E-state index contributed by atoms with van der Waals surface area (Å²) in [5, 5.41) is 15.0. The van der Waals surface area contributed by atoms with Crippen LogP contribution in [0.4, 0.5) is 11.4 Å². The molecule has 0 aliphatic heterocycles. The van der Waals surface area contributed by atoms with Crippen LogP contribution >= 0.6 is 27.3 Å². The number of thiophene rings is 1. The molecule has 0 spiro atoms. The van der Waals surface area contributed by atoms with Crippen LogP contribution in [0.1, 0.15) is 10.4 Å². The molecule has 1 aromatic carbocycles. The number of carbonyl (C=O) groups is 1. The van der Waals surface area contributed by atoms with Gasteiger partial charge in [-0.1, -0.05) is 0 Å². The SMILES string of the molecule is COc1cc([N+](=O)[O-])ccc1NC(=O)c1csc(Br)c1. The Morgan fingerprint density at radius 3 is 2.75 bits per heavy atom. The number of amides is 1. The highest BCUT2D eigenvalue weighted by Crippen LogP contribution is 2.30. The molecule has 1 aromatic heterocycles. The Morgan fingerprint density at radius 1 is 1.45 bits per heavy atom. The Morgan fingerprint density at radius 2 is 2.20 bits per heavy atom. The molecule has 0 saturated carbocycles. The largest absolute Gasteiger partial charge is 0.494 e. The number of ether oxygens (including phenoxy) is 1. The highest BCUT2D eigenvalue weighted by atomic mass is 79.9. The second-order valence-electron chi connectivity index (χ2n) is 3.74. The third-order valence-electron chi connectivity index (χ3n) is 2.47. The molecule has 1 amide bonds. The number of hydrogen-bond donors (Lipinski definition) is 1. The predicted molar refractivity (Wildman–Crippen MR) is 79.6 cm³/mol. The van der Waals surface area contributed by atoms with Crippen molar-refractivity contribution in [3.8, 4) is 5.75 Å². The van der Waals surface area contributed by atoms with Crippen LogP contribution in [0.25, 0.3) is 0 Å². The van der Waals surface area contributed by atoms with Crippen molar-refractivity contribution in [3.05, 3.63) is 49.1 Å². The number of halogens is 1. The molecule has 0 saturated heterocycles. The minimum absolute atomic E-state index is 0.0990. The minimum atomic E-state index is -0.524. The molecule has 2 rings (SSSR count). The van der Waals surface area contributed by atoms with E-state index >= 15 is 0 Å². The van der Waals surface area contributed by atoms with Gasteiger partial charge in [0.05, 0.1) is 33.1 Å². The lowest BCUT2D eigenvalue weighted by molar-refractivity contribution is -0.384. The van der Waals surface area contributed by atoms with E-state index in [1.807, 2.05) is 0 Å². The number of nitro groups is 1. The number of benzene rings is 1. The predicted octanol–water partition coefficient (Wildman–Crippen LogP) is 3.68. The maximum absolute atomic E-state index is 12.0. The minimum Gasteiger partial charge on any atom is -0.494 e. The van der Waals surface area contributed by atoms with Crippen LogP contribution in [0, 0.1) is 10.1 Å². The molecule has 0 fully saturated rings. The van der Waals surface area contributed by atoms with Crippen LogP contribution in [-0.2, 0) is 0 Å². The van der Waals surface area contributed by atoms with Gasteiger partial charge in [-0.25, -0.2) is 0 Å². The Hall–Kier alpha value is -1.93. The van der Waals surface area contributed by atoms with Gasteiger partial charge in [0.2, 0.25) is 0 Å². The van der Waals surface area contributed by atoms with E-state index in [1.54, 1.807) is 11.4 Å². The van der Waals surface area contributed by atoms with Crippen LogP contribution in [0.2, 0.25) is 0 Å².